The van der Waals surface area contributed by atoms with E-state index in [1.165, 1.54) is 0 Å². The maximum atomic E-state index is 10.5. The van der Waals surface area contributed by atoms with Crippen molar-refractivity contribution in [3.05, 3.63) is 41.7 Å². The van der Waals surface area contributed by atoms with E-state index in [1.807, 2.05) is 19.1 Å². The lowest BCUT2D eigenvalue weighted by Crippen LogP contribution is -1.80. The lowest BCUT2D eigenvalue weighted by atomic mass is 10.1. The Morgan fingerprint density at radius 1 is 1.58 bits per heavy atom. The minimum atomic E-state index is 0.686. The Morgan fingerprint density at radius 3 is 2.92 bits per heavy atom. The van der Waals surface area contributed by atoms with Crippen LogP contribution in [0, 0.1) is 6.92 Å². The van der Waals surface area contributed by atoms with E-state index in [9.17, 15) is 4.79 Å². The van der Waals surface area contributed by atoms with Gasteiger partial charge in [-0.05, 0) is 6.92 Å². The van der Waals surface area contributed by atoms with Crippen LogP contribution in [0.15, 0.2) is 24.9 Å². The van der Waals surface area contributed by atoms with Crippen LogP contribution < -0.4 is 0 Å². The highest BCUT2D eigenvalue weighted by Gasteiger charge is 2.02. The van der Waals surface area contributed by atoms with Crippen LogP contribution in [0.2, 0.25) is 0 Å². The first kappa shape index (κ1) is 8.53. The Morgan fingerprint density at radius 2 is 2.33 bits per heavy atom. The lowest BCUT2D eigenvalue weighted by molar-refractivity contribution is 0.112. The van der Waals surface area contributed by atoms with Crippen LogP contribution >= 0.6 is 0 Å². The molecule has 0 aromatic carbocycles. The highest BCUT2D eigenvalue weighted by atomic mass is 16.1. The SMILES string of the molecule is C=C/C=C\c1c(C=O)c[nH]c1C. The van der Waals surface area contributed by atoms with Gasteiger partial charge in [-0.15, -0.1) is 0 Å². The fraction of sp³-hybridized carbons (Fsp3) is 0.100. The Hall–Kier alpha value is -1.57. The van der Waals surface area contributed by atoms with Gasteiger partial charge in [-0.2, -0.15) is 0 Å². The number of rotatable bonds is 3. The summed E-state index contributed by atoms with van der Waals surface area (Å²) in [4.78, 5) is 13.5. The molecule has 0 spiro atoms. The van der Waals surface area contributed by atoms with Gasteiger partial charge in [-0.3, -0.25) is 4.79 Å². The van der Waals surface area contributed by atoms with Crippen molar-refractivity contribution in [1.29, 1.82) is 0 Å². The number of aryl methyl sites for hydroxylation is 1. The molecule has 0 saturated heterocycles. The number of H-pyrrole nitrogens is 1. The van der Waals surface area contributed by atoms with Crippen LogP contribution in [0.1, 0.15) is 21.6 Å². The third-order valence-electron chi connectivity index (χ3n) is 1.69. The summed E-state index contributed by atoms with van der Waals surface area (Å²) in [6.45, 7) is 5.49. The topological polar surface area (TPSA) is 32.9 Å². The van der Waals surface area contributed by atoms with Crippen molar-refractivity contribution >= 4 is 12.4 Å². The van der Waals surface area contributed by atoms with E-state index in [2.05, 4.69) is 11.6 Å². The maximum Gasteiger partial charge on any atom is 0.152 e. The van der Waals surface area contributed by atoms with E-state index in [0.29, 0.717) is 5.56 Å². The van der Waals surface area contributed by atoms with Crippen molar-refractivity contribution in [3.8, 4) is 0 Å². The number of nitrogens with one attached hydrogen (secondary N) is 1. The second-order valence-corrected chi connectivity index (χ2v) is 2.50. The molecule has 0 radical (unpaired) electrons. The first-order valence-corrected chi connectivity index (χ1v) is 3.72. The third kappa shape index (κ3) is 1.53. The van der Waals surface area contributed by atoms with Gasteiger partial charge < -0.3 is 4.98 Å². The van der Waals surface area contributed by atoms with E-state index >= 15 is 0 Å². The fourth-order valence-electron chi connectivity index (χ4n) is 1.04. The normalized spacial score (nSPS) is 10.4. The number of hydrogen-bond acceptors (Lipinski definition) is 1. The molecule has 0 amide bonds. The van der Waals surface area contributed by atoms with Gasteiger partial charge in [0.05, 0.1) is 0 Å². The van der Waals surface area contributed by atoms with Crippen molar-refractivity contribution in [1.82, 2.24) is 4.98 Å². The number of hydrogen-bond donors (Lipinski definition) is 1. The van der Waals surface area contributed by atoms with Crippen molar-refractivity contribution in [3.63, 3.8) is 0 Å². The summed E-state index contributed by atoms with van der Waals surface area (Å²) in [5.41, 5.74) is 2.62. The number of aromatic amines is 1. The first-order chi connectivity index (χ1) is 5.79. The number of carbonyl (C=O) groups excluding carboxylic acids is 1. The summed E-state index contributed by atoms with van der Waals surface area (Å²) in [5.74, 6) is 0. The minimum Gasteiger partial charge on any atom is -0.364 e. The zero-order valence-corrected chi connectivity index (χ0v) is 7.00. The summed E-state index contributed by atoms with van der Waals surface area (Å²) < 4.78 is 0. The predicted octanol–water partition coefficient (Wildman–Crippen LogP) is 2.33. The molecule has 0 bridgehead atoms. The molecule has 0 aliphatic carbocycles. The Kier molecular flexibility index (Phi) is 2.64. The smallest absolute Gasteiger partial charge is 0.152 e. The third-order valence-corrected chi connectivity index (χ3v) is 1.69. The van der Waals surface area contributed by atoms with Crippen LogP contribution in [0.4, 0.5) is 0 Å². The number of allylic oxidation sites excluding steroid dienone is 2. The zero-order valence-electron chi connectivity index (χ0n) is 7.00. The van der Waals surface area contributed by atoms with Crippen molar-refractivity contribution in [2.45, 2.75) is 6.92 Å². The van der Waals surface area contributed by atoms with Crippen LogP contribution in [0.3, 0.4) is 0 Å². The van der Waals surface area contributed by atoms with Crippen molar-refractivity contribution in [2.24, 2.45) is 0 Å². The molecule has 1 N–H and O–H groups in total. The van der Waals surface area contributed by atoms with Gasteiger partial charge in [-0.25, -0.2) is 0 Å². The van der Waals surface area contributed by atoms with E-state index in [4.69, 9.17) is 0 Å². The second-order valence-electron chi connectivity index (χ2n) is 2.50. The molecule has 62 valence electrons. The molecule has 0 unspecified atom stereocenters. The van der Waals surface area contributed by atoms with Gasteiger partial charge in [0.2, 0.25) is 0 Å². The molecule has 0 aliphatic rings. The molecule has 1 heterocycles. The van der Waals surface area contributed by atoms with Crippen LogP contribution in [0.25, 0.3) is 6.08 Å². The van der Waals surface area contributed by atoms with Gasteiger partial charge >= 0.3 is 0 Å². The summed E-state index contributed by atoms with van der Waals surface area (Å²) in [6, 6.07) is 0. The summed E-state index contributed by atoms with van der Waals surface area (Å²) in [7, 11) is 0. The molecule has 0 aliphatic heterocycles. The highest BCUT2D eigenvalue weighted by Crippen LogP contribution is 2.12. The van der Waals surface area contributed by atoms with Crippen LogP contribution in [-0.2, 0) is 0 Å². The Labute approximate surface area is 71.6 Å². The largest absolute Gasteiger partial charge is 0.364 e. The monoisotopic (exact) mass is 161 g/mol. The molecule has 1 rings (SSSR count). The highest BCUT2D eigenvalue weighted by molar-refractivity contribution is 5.82. The molecule has 2 nitrogen and oxygen atoms in total. The van der Waals surface area contributed by atoms with E-state index in [1.54, 1.807) is 12.3 Å². The standard InChI is InChI=1S/C10H11NO/c1-3-4-5-10-8(2)11-6-9(10)7-12/h3-7,11H,1H2,2H3/b5-4-. The average molecular weight is 161 g/mol. The molecule has 1 aromatic rings. The van der Waals surface area contributed by atoms with E-state index in [0.717, 1.165) is 17.5 Å². The molecule has 0 saturated carbocycles. The van der Waals surface area contributed by atoms with Crippen molar-refractivity contribution < 1.29 is 4.79 Å². The Balaban J connectivity index is 3.09. The molecule has 0 fully saturated rings. The van der Waals surface area contributed by atoms with Crippen LogP contribution in [-0.4, -0.2) is 11.3 Å². The second kappa shape index (κ2) is 3.72. The van der Waals surface area contributed by atoms with Gasteiger partial charge in [0.15, 0.2) is 6.29 Å². The fourth-order valence-corrected chi connectivity index (χ4v) is 1.04. The van der Waals surface area contributed by atoms with Gasteiger partial charge in [0, 0.05) is 23.0 Å². The number of aldehydes is 1. The zero-order chi connectivity index (χ0) is 8.97. The minimum absolute atomic E-state index is 0.686. The maximum absolute atomic E-state index is 10.5. The molecule has 2 heteroatoms. The van der Waals surface area contributed by atoms with E-state index in [-0.39, 0.29) is 0 Å². The van der Waals surface area contributed by atoms with E-state index < -0.39 is 0 Å². The summed E-state index contributed by atoms with van der Waals surface area (Å²) in [5, 5.41) is 0. The van der Waals surface area contributed by atoms with Crippen molar-refractivity contribution in [2.75, 3.05) is 0 Å². The first-order valence-electron chi connectivity index (χ1n) is 3.72. The predicted molar refractivity (Wildman–Crippen MR) is 50.1 cm³/mol. The van der Waals surface area contributed by atoms with Gasteiger partial charge in [-0.1, -0.05) is 24.8 Å². The quantitative estimate of drug-likeness (QED) is 0.535. The summed E-state index contributed by atoms with van der Waals surface area (Å²) >= 11 is 0. The number of aromatic nitrogens is 1. The number of carbonyl (C=O) groups is 1. The molecular formula is C10H11NO. The molecule has 12 heavy (non-hydrogen) atoms. The van der Waals surface area contributed by atoms with Gasteiger partial charge in [0.25, 0.3) is 0 Å². The lowest BCUT2D eigenvalue weighted by Gasteiger charge is -1.90. The molecular weight excluding hydrogens is 150 g/mol. The molecule has 0 atom stereocenters. The van der Waals surface area contributed by atoms with Gasteiger partial charge in [0.1, 0.15) is 0 Å². The average Bonchev–Trinajstić information content (AvgIpc) is 2.43. The molecule has 1 aromatic heterocycles. The van der Waals surface area contributed by atoms with Crippen LogP contribution in [0.5, 0.6) is 0 Å². The Bertz CT molecular complexity index is 321. The summed E-state index contributed by atoms with van der Waals surface area (Å²) in [6.07, 6.45) is 7.89.